The van der Waals surface area contributed by atoms with E-state index in [2.05, 4.69) is 20.8 Å². The van der Waals surface area contributed by atoms with Gasteiger partial charge in [0, 0.05) is 33.7 Å². The van der Waals surface area contributed by atoms with E-state index in [1.165, 1.54) is 0 Å². The molecule has 0 spiro atoms. The normalized spacial score (nSPS) is 36.2. The summed E-state index contributed by atoms with van der Waals surface area (Å²) in [7, 11) is 5.15. The predicted molar refractivity (Wildman–Crippen MR) is 113 cm³/mol. The molecular formula is C23H40O6. The quantitative estimate of drug-likeness (QED) is 0.415. The van der Waals surface area contributed by atoms with Gasteiger partial charge in [0.25, 0.3) is 0 Å². The molecule has 0 aromatic heterocycles. The van der Waals surface area contributed by atoms with Gasteiger partial charge in [-0.1, -0.05) is 32.1 Å². The lowest BCUT2D eigenvalue weighted by molar-refractivity contribution is -0.166. The maximum Gasteiger partial charge on any atom is 0.111 e. The van der Waals surface area contributed by atoms with Crippen molar-refractivity contribution in [2.75, 3.05) is 21.3 Å². The molecule has 2 rings (SSSR count). The summed E-state index contributed by atoms with van der Waals surface area (Å²) < 4.78 is 28.5. The highest BCUT2D eigenvalue weighted by Crippen LogP contribution is 2.36. The molecule has 2 saturated heterocycles. The van der Waals surface area contributed by atoms with Crippen molar-refractivity contribution < 1.29 is 28.8 Å². The third kappa shape index (κ3) is 6.36. The highest BCUT2D eigenvalue weighted by molar-refractivity contribution is 5.17. The number of allylic oxidation sites excluding steroid dienone is 2. The first-order valence-corrected chi connectivity index (χ1v) is 10.8. The number of methoxy groups -OCH3 is 3. The minimum atomic E-state index is -0.498. The van der Waals surface area contributed by atoms with Gasteiger partial charge < -0.3 is 28.8 Å². The third-order valence-corrected chi connectivity index (χ3v) is 6.36. The standard InChI is InChI=1S/C23H40O6/c1-8-18(25-5)15(3)22-23(29-22)17(24)12-10-9-11-14(2)21-20(27-7)13-19(26-6)16(4)28-21/h9-11,15-24H,8,12-13H2,1-7H3/b10-9+,14-11+. The average molecular weight is 413 g/mol. The highest BCUT2D eigenvalue weighted by Gasteiger charge is 2.49. The molecule has 0 radical (unpaired) electrons. The molecule has 0 saturated carbocycles. The lowest BCUT2D eigenvalue weighted by atomic mass is 9.94. The summed E-state index contributed by atoms with van der Waals surface area (Å²) in [5, 5.41) is 10.4. The number of aliphatic hydroxyl groups is 1. The van der Waals surface area contributed by atoms with Crippen LogP contribution in [0.25, 0.3) is 0 Å². The summed E-state index contributed by atoms with van der Waals surface area (Å²) >= 11 is 0. The van der Waals surface area contributed by atoms with Crippen LogP contribution in [-0.2, 0) is 23.7 Å². The first kappa shape index (κ1) is 24.5. The van der Waals surface area contributed by atoms with Crippen LogP contribution in [0.2, 0.25) is 0 Å². The van der Waals surface area contributed by atoms with E-state index in [-0.39, 0.29) is 48.6 Å². The van der Waals surface area contributed by atoms with Crippen molar-refractivity contribution in [1.29, 1.82) is 0 Å². The fourth-order valence-corrected chi connectivity index (χ4v) is 4.36. The summed E-state index contributed by atoms with van der Waals surface area (Å²) in [6, 6.07) is 0. The second-order valence-electron chi connectivity index (χ2n) is 8.29. The third-order valence-electron chi connectivity index (χ3n) is 6.36. The first-order chi connectivity index (χ1) is 13.9. The fraction of sp³-hybridized carbons (Fsp3) is 0.826. The second kappa shape index (κ2) is 11.6. The van der Waals surface area contributed by atoms with Crippen LogP contribution in [0.1, 0.15) is 47.0 Å². The van der Waals surface area contributed by atoms with Crippen LogP contribution in [0, 0.1) is 5.92 Å². The molecule has 6 heteroatoms. The van der Waals surface area contributed by atoms with Crippen molar-refractivity contribution in [3.05, 3.63) is 23.8 Å². The summed E-state index contributed by atoms with van der Waals surface area (Å²) in [6.07, 6.45) is 7.92. The molecule has 2 fully saturated rings. The Morgan fingerprint density at radius 3 is 2.41 bits per heavy atom. The zero-order valence-corrected chi connectivity index (χ0v) is 19.0. The van der Waals surface area contributed by atoms with Crippen molar-refractivity contribution in [2.24, 2.45) is 5.92 Å². The summed E-state index contributed by atoms with van der Waals surface area (Å²) in [6.45, 7) is 8.32. The molecule has 1 N–H and O–H groups in total. The van der Waals surface area contributed by atoms with E-state index in [1.807, 2.05) is 25.2 Å². The summed E-state index contributed by atoms with van der Waals surface area (Å²) in [5.41, 5.74) is 1.10. The SMILES string of the molecule is CCC(OC)C(C)C1OC1C(O)C/C=C/C=C(\C)C1OC(C)C(OC)CC1OC. The van der Waals surface area contributed by atoms with Gasteiger partial charge in [-0.25, -0.2) is 0 Å². The van der Waals surface area contributed by atoms with Gasteiger partial charge in [-0.3, -0.25) is 0 Å². The van der Waals surface area contributed by atoms with Crippen LogP contribution in [-0.4, -0.2) is 75.3 Å². The molecule has 0 aromatic rings. The molecular weight excluding hydrogens is 372 g/mol. The van der Waals surface area contributed by atoms with Crippen LogP contribution >= 0.6 is 0 Å². The maximum absolute atomic E-state index is 10.4. The second-order valence-corrected chi connectivity index (χ2v) is 8.29. The highest BCUT2D eigenvalue weighted by atomic mass is 16.6. The lowest BCUT2D eigenvalue weighted by Gasteiger charge is -2.39. The fourth-order valence-electron chi connectivity index (χ4n) is 4.36. The van der Waals surface area contributed by atoms with Gasteiger partial charge in [-0.2, -0.15) is 0 Å². The van der Waals surface area contributed by atoms with Crippen LogP contribution in [0.3, 0.4) is 0 Å². The zero-order valence-electron chi connectivity index (χ0n) is 19.0. The molecule has 6 nitrogen and oxygen atoms in total. The maximum atomic E-state index is 10.4. The van der Waals surface area contributed by atoms with Crippen molar-refractivity contribution in [3.8, 4) is 0 Å². The molecule has 2 aliphatic rings. The van der Waals surface area contributed by atoms with E-state index in [0.717, 1.165) is 18.4 Å². The number of hydrogen-bond acceptors (Lipinski definition) is 6. The van der Waals surface area contributed by atoms with E-state index in [1.54, 1.807) is 21.3 Å². The first-order valence-electron chi connectivity index (χ1n) is 10.8. The molecule has 2 heterocycles. The van der Waals surface area contributed by atoms with E-state index in [9.17, 15) is 5.11 Å². The minimum Gasteiger partial charge on any atom is -0.390 e. The zero-order chi connectivity index (χ0) is 21.6. The van der Waals surface area contributed by atoms with Gasteiger partial charge in [-0.15, -0.1) is 0 Å². The van der Waals surface area contributed by atoms with Gasteiger partial charge in [0.15, 0.2) is 0 Å². The molecule has 0 aromatic carbocycles. The average Bonchev–Trinajstić information content (AvgIpc) is 3.52. The molecule has 168 valence electrons. The number of rotatable bonds is 11. The van der Waals surface area contributed by atoms with Crippen molar-refractivity contribution >= 4 is 0 Å². The van der Waals surface area contributed by atoms with Gasteiger partial charge in [0.1, 0.15) is 12.2 Å². The Labute approximate surface area is 176 Å². The Kier molecular flexibility index (Phi) is 9.79. The summed E-state index contributed by atoms with van der Waals surface area (Å²) in [4.78, 5) is 0. The Morgan fingerprint density at radius 1 is 1.14 bits per heavy atom. The topological polar surface area (TPSA) is 69.7 Å². The van der Waals surface area contributed by atoms with E-state index >= 15 is 0 Å². The largest absolute Gasteiger partial charge is 0.390 e. The molecule has 0 aliphatic carbocycles. The van der Waals surface area contributed by atoms with Crippen molar-refractivity contribution in [1.82, 2.24) is 0 Å². The van der Waals surface area contributed by atoms with Gasteiger partial charge in [-0.05, 0) is 32.3 Å². The minimum absolute atomic E-state index is 0.0236. The van der Waals surface area contributed by atoms with E-state index < -0.39 is 6.10 Å². The Bertz CT molecular complexity index is 543. The van der Waals surface area contributed by atoms with Crippen LogP contribution in [0.4, 0.5) is 0 Å². The van der Waals surface area contributed by atoms with E-state index in [4.69, 9.17) is 23.7 Å². The Morgan fingerprint density at radius 2 is 1.83 bits per heavy atom. The Balaban J connectivity index is 1.83. The monoisotopic (exact) mass is 412 g/mol. The number of ether oxygens (including phenoxy) is 5. The molecule has 2 aliphatic heterocycles. The van der Waals surface area contributed by atoms with Crippen molar-refractivity contribution in [2.45, 2.75) is 95.8 Å². The van der Waals surface area contributed by atoms with Crippen LogP contribution < -0.4 is 0 Å². The molecule has 9 unspecified atom stereocenters. The smallest absolute Gasteiger partial charge is 0.111 e. The molecule has 9 atom stereocenters. The van der Waals surface area contributed by atoms with Gasteiger partial charge in [0.05, 0.1) is 36.6 Å². The Hall–Kier alpha value is -0.760. The molecule has 0 bridgehead atoms. The van der Waals surface area contributed by atoms with Crippen molar-refractivity contribution in [3.63, 3.8) is 0 Å². The number of aliphatic hydroxyl groups excluding tert-OH is 1. The van der Waals surface area contributed by atoms with Crippen LogP contribution in [0.15, 0.2) is 23.8 Å². The molecule has 29 heavy (non-hydrogen) atoms. The van der Waals surface area contributed by atoms with Crippen LogP contribution in [0.5, 0.6) is 0 Å². The molecule has 0 amide bonds. The predicted octanol–water partition coefficient (Wildman–Crippen LogP) is 3.28. The summed E-state index contributed by atoms with van der Waals surface area (Å²) in [5.74, 6) is 0.281. The number of hydrogen-bond donors (Lipinski definition) is 1. The lowest BCUT2D eigenvalue weighted by Crippen LogP contribution is -2.47. The van der Waals surface area contributed by atoms with Gasteiger partial charge in [0.2, 0.25) is 0 Å². The van der Waals surface area contributed by atoms with E-state index in [0.29, 0.717) is 6.42 Å². The van der Waals surface area contributed by atoms with Gasteiger partial charge >= 0.3 is 0 Å². The number of epoxide rings is 1.